The highest BCUT2D eigenvalue weighted by Gasteiger charge is 2.25. The normalized spacial score (nSPS) is 11.3. The molecule has 0 unspecified atom stereocenters. The number of hydrogen-bond donors (Lipinski definition) is 2. The van der Waals surface area contributed by atoms with Gasteiger partial charge in [0.25, 0.3) is 10.0 Å². The molecule has 0 aliphatic heterocycles. The zero-order valence-electron chi connectivity index (χ0n) is 9.50. The van der Waals surface area contributed by atoms with Crippen LogP contribution in [-0.2, 0) is 10.0 Å². The summed E-state index contributed by atoms with van der Waals surface area (Å²) in [5.41, 5.74) is -0.772. The van der Waals surface area contributed by atoms with Crippen LogP contribution in [0.15, 0.2) is 38.5 Å². The quantitative estimate of drug-likeness (QED) is 0.859. The van der Waals surface area contributed by atoms with Gasteiger partial charge in [-0.1, -0.05) is 21.1 Å². The van der Waals surface area contributed by atoms with Crippen LogP contribution in [-0.4, -0.2) is 24.7 Å². The van der Waals surface area contributed by atoms with E-state index >= 15 is 0 Å². The van der Waals surface area contributed by atoms with E-state index < -0.39 is 32.3 Å². The Morgan fingerprint density at radius 3 is 2.70 bits per heavy atom. The number of nitrogens with zero attached hydrogens (tertiary/aromatic N) is 1. The van der Waals surface area contributed by atoms with Gasteiger partial charge in [0, 0.05) is 4.47 Å². The van der Waals surface area contributed by atoms with Crippen molar-refractivity contribution in [2.45, 2.75) is 4.90 Å². The molecule has 0 spiro atoms. The lowest BCUT2D eigenvalue weighted by Gasteiger charge is -2.09. The number of aromatic carboxylic acids is 1. The molecule has 1 heterocycles. The van der Waals surface area contributed by atoms with Crippen LogP contribution >= 0.6 is 15.9 Å². The van der Waals surface area contributed by atoms with Gasteiger partial charge in [-0.15, -0.1) is 0 Å². The Bertz CT molecular complexity index is 760. The third-order valence-electron chi connectivity index (χ3n) is 2.21. The van der Waals surface area contributed by atoms with Crippen LogP contribution in [0, 0.1) is 5.82 Å². The van der Waals surface area contributed by atoms with Crippen LogP contribution in [0.25, 0.3) is 0 Å². The molecule has 0 aliphatic carbocycles. The maximum absolute atomic E-state index is 14.0. The molecule has 0 saturated heterocycles. The number of sulfonamides is 1. The lowest BCUT2D eigenvalue weighted by Crippen LogP contribution is -2.16. The number of carboxylic acids is 1. The van der Waals surface area contributed by atoms with Crippen LogP contribution in [0.5, 0.6) is 0 Å². The summed E-state index contributed by atoms with van der Waals surface area (Å²) in [5, 5.41) is 12.1. The number of halogens is 2. The molecule has 2 rings (SSSR count). The highest BCUT2D eigenvalue weighted by atomic mass is 79.9. The maximum Gasteiger partial charge on any atom is 0.338 e. The fourth-order valence-electron chi connectivity index (χ4n) is 1.38. The number of rotatable bonds is 4. The number of aromatic nitrogens is 1. The van der Waals surface area contributed by atoms with Crippen molar-refractivity contribution in [3.8, 4) is 0 Å². The molecule has 1 aromatic heterocycles. The molecule has 0 amide bonds. The van der Waals surface area contributed by atoms with Crippen molar-refractivity contribution in [1.82, 2.24) is 5.16 Å². The van der Waals surface area contributed by atoms with Crippen molar-refractivity contribution < 1.29 is 27.2 Å². The average molecular weight is 365 g/mol. The molecular weight excluding hydrogens is 359 g/mol. The topological polar surface area (TPSA) is 110 Å². The monoisotopic (exact) mass is 364 g/mol. The fraction of sp³-hybridized carbons (Fsp3) is 0. The van der Waals surface area contributed by atoms with Gasteiger partial charge >= 0.3 is 5.97 Å². The number of nitrogens with one attached hydrogen (secondary N) is 1. The SMILES string of the molecule is O=C(O)c1cc(Br)cc(S(=O)(=O)Nc2cnoc2)c1F. The standard InChI is InChI=1S/C10H6BrFN2O5S/c11-5-1-7(10(15)16)9(12)8(2-5)20(17,18)14-6-3-13-19-4-6/h1-4,14H,(H,15,16). The molecule has 106 valence electrons. The third kappa shape index (κ3) is 2.80. The minimum absolute atomic E-state index is 0.0127. The molecule has 2 aromatic rings. The van der Waals surface area contributed by atoms with Crippen molar-refractivity contribution in [2.24, 2.45) is 0 Å². The van der Waals surface area contributed by atoms with E-state index in [1.165, 1.54) is 0 Å². The Kier molecular flexibility index (Phi) is 3.77. The summed E-state index contributed by atoms with van der Waals surface area (Å²) in [6.07, 6.45) is 2.08. The Morgan fingerprint density at radius 1 is 1.45 bits per heavy atom. The number of hydrogen-bond acceptors (Lipinski definition) is 5. The van der Waals surface area contributed by atoms with E-state index in [-0.39, 0.29) is 10.2 Å². The molecule has 0 atom stereocenters. The smallest absolute Gasteiger partial charge is 0.338 e. The molecule has 2 N–H and O–H groups in total. The molecule has 0 saturated carbocycles. The van der Waals surface area contributed by atoms with E-state index in [1.807, 2.05) is 4.72 Å². The van der Waals surface area contributed by atoms with E-state index in [0.29, 0.717) is 0 Å². The first kappa shape index (κ1) is 14.5. The predicted molar refractivity (Wildman–Crippen MR) is 68.4 cm³/mol. The van der Waals surface area contributed by atoms with Crippen LogP contribution in [0.3, 0.4) is 0 Å². The Morgan fingerprint density at radius 2 is 2.15 bits per heavy atom. The Hall–Kier alpha value is -1.94. The van der Waals surface area contributed by atoms with Crippen LogP contribution in [0.2, 0.25) is 0 Å². The van der Waals surface area contributed by atoms with Gasteiger partial charge < -0.3 is 9.63 Å². The van der Waals surface area contributed by atoms with Gasteiger partial charge in [0.2, 0.25) is 0 Å². The van der Waals surface area contributed by atoms with Gasteiger partial charge in [-0.2, -0.15) is 0 Å². The Labute approximate surface area is 120 Å². The summed E-state index contributed by atoms with van der Waals surface area (Å²) in [7, 11) is -4.31. The minimum atomic E-state index is -4.31. The second-order valence-corrected chi connectivity index (χ2v) is 6.16. The predicted octanol–water partition coefficient (Wildman–Crippen LogP) is 2.08. The maximum atomic E-state index is 14.0. The van der Waals surface area contributed by atoms with Crippen molar-refractivity contribution in [3.05, 3.63) is 40.4 Å². The van der Waals surface area contributed by atoms with E-state index in [9.17, 15) is 17.6 Å². The zero-order valence-corrected chi connectivity index (χ0v) is 11.9. The Balaban J connectivity index is 2.54. The van der Waals surface area contributed by atoms with Crippen LogP contribution in [0.1, 0.15) is 10.4 Å². The molecule has 7 nitrogen and oxygen atoms in total. The van der Waals surface area contributed by atoms with Gasteiger partial charge in [0.05, 0.1) is 11.8 Å². The van der Waals surface area contributed by atoms with E-state index in [4.69, 9.17) is 5.11 Å². The molecule has 10 heteroatoms. The largest absolute Gasteiger partial charge is 0.478 e. The van der Waals surface area contributed by atoms with Gasteiger partial charge in [-0.05, 0) is 12.1 Å². The molecule has 0 fully saturated rings. The van der Waals surface area contributed by atoms with Crippen molar-refractivity contribution in [1.29, 1.82) is 0 Å². The second kappa shape index (κ2) is 5.21. The summed E-state index contributed by atoms with van der Waals surface area (Å²) in [6, 6.07) is 1.92. The molecular formula is C10H6BrFN2O5S. The first-order chi connectivity index (χ1) is 9.31. The van der Waals surface area contributed by atoms with Gasteiger partial charge in [-0.3, -0.25) is 4.72 Å². The first-order valence-electron chi connectivity index (χ1n) is 4.96. The summed E-state index contributed by atoms with van der Waals surface area (Å²) >= 11 is 2.93. The lowest BCUT2D eigenvalue weighted by atomic mass is 10.2. The number of carboxylic acid groups (broad SMARTS) is 1. The first-order valence-corrected chi connectivity index (χ1v) is 7.23. The lowest BCUT2D eigenvalue weighted by molar-refractivity contribution is 0.0691. The highest BCUT2D eigenvalue weighted by molar-refractivity contribution is 9.10. The van der Waals surface area contributed by atoms with Crippen LogP contribution in [0.4, 0.5) is 10.1 Å². The highest BCUT2D eigenvalue weighted by Crippen LogP contribution is 2.25. The van der Waals surface area contributed by atoms with Crippen LogP contribution < -0.4 is 4.72 Å². The van der Waals surface area contributed by atoms with Gasteiger partial charge in [0.1, 0.15) is 16.8 Å². The van der Waals surface area contributed by atoms with Crippen molar-refractivity contribution in [3.63, 3.8) is 0 Å². The molecule has 1 aromatic carbocycles. The second-order valence-electron chi connectivity index (χ2n) is 3.59. The summed E-state index contributed by atoms with van der Waals surface area (Å²) in [4.78, 5) is 10.1. The number of carbonyl (C=O) groups is 1. The summed E-state index contributed by atoms with van der Waals surface area (Å²) in [5.74, 6) is -2.94. The van der Waals surface area contributed by atoms with Crippen molar-refractivity contribution >= 4 is 37.6 Å². The van der Waals surface area contributed by atoms with E-state index in [0.717, 1.165) is 24.6 Å². The minimum Gasteiger partial charge on any atom is -0.478 e. The molecule has 0 radical (unpaired) electrons. The molecule has 0 aliphatic rings. The fourth-order valence-corrected chi connectivity index (χ4v) is 3.14. The third-order valence-corrected chi connectivity index (χ3v) is 4.05. The molecule has 20 heavy (non-hydrogen) atoms. The van der Waals surface area contributed by atoms with Gasteiger partial charge in [0.15, 0.2) is 5.82 Å². The van der Waals surface area contributed by atoms with E-state index in [1.54, 1.807) is 0 Å². The average Bonchev–Trinajstić information content (AvgIpc) is 2.83. The van der Waals surface area contributed by atoms with Crippen molar-refractivity contribution in [2.75, 3.05) is 4.72 Å². The number of anilines is 1. The number of benzene rings is 1. The summed E-state index contributed by atoms with van der Waals surface area (Å²) < 4.78 is 44.6. The summed E-state index contributed by atoms with van der Waals surface area (Å²) in [6.45, 7) is 0. The molecule has 0 bridgehead atoms. The van der Waals surface area contributed by atoms with E-state index in [2.05, 4.69) is 25.6 Å². The zero-order chi connectivity index (χ0) is 14.9. The van der Waals surface area contributed by atoms with Gasteiger partial charge in [-0.25, -0.2) is 17.6 Å².